The summed E-state index contributed by atoms with van der Waals surface area (Å²) in [7, 11) is 0. The summed E-state index contributed by atoms with van der Waals surface area (Å²) in [5.74, 6) is -0.303. The summed E-state index contributed by atoms with van der Waals surface area (Å²) < 4.78 is 5.66. The minimum absolute atomic E-state index is 0.242. The summed E-state index contributed by atoms with van der Waals surface area (Å²) in [5.41, 5.74) is 14.2. The molecule has 0 unspecified atom stereocenters. The third kappa shape index (κ3) is 3.12. The fourth-order valence-electron chi connectivity index (χ4n) is 1.99. The van der Waals surface area contributed by atoms with Crippen LogP contribution in [0.4, 0.5) is 5.69 Å². The maximum Gasteiger partial charge on any atom is 0.252 e. The Bertz CT molecular complexity index is 733. The molecule has 0 spiro atoms. The quantitative estimate of drug-likeness (QED) is 0.838. The number of carbonyl (C=O) groups excluding carboxylic acids is 1. The molecule has 5 heteroatoms. The lowest BCUT2D eigenvalue weighted by atomic mass is 10.1. The first kappa shape index (κ1) is 14.4. The second-order valence-corrected chi connectivity index (χ2v) is 4.63. The Morgan fingerprint density at radius 1 is 1.33 bits per heavy atom. The van der Waals surface area contributed by atoms with Crippen LogP contribution in [0.5, 0.6) is 5.75 Å². The predicted octanol–water partition coefficient (Wildman–Crippen LogP) is 2.13. The number of ether oxygens (including phenoxy) is 1. The van der Waals surface area contributed by atoms with Gasteiger partial charge in [0.05, 0.1) is 22.9 Å². The average molecular weight is 281 g/mol. The SMILES string of the molecule is Cc1cc(C#N)ccc1COc1c(N)cccc1C(N)=O. The summed E-state index contributed by atoms with van der Waals surface area (Å²) in [5, 5.41) is 8.85. The smallest absolute Gasteiger partial charge is 0.252 e. The van der Waals surface area contributed by atoms with Crippen LogP contribution in [0.2, 0.25) is 0 Å². The van der Waals surface area contributed by atoms with E-state index in [1.165, 1.54) is 0 Å². The zero-order chi connectivity index (χ0) is 15.4. The number of para-hydroxylation sites is 1. The van der Waals surface area contributed by atoms with Crippen LogP contribution in [0, 0.1) is 18.3 Å². The van der Waals surface area contributed by atoms with E-state index < -0.39 is 5.91 Å². The van der Waals surface area contributed by atoms with Crippen LogP contribution in [0.1, 0.15) is 27.0 Å². The number of benzene rings is 2. The minimum Gasteiger partial charge on any atom is -0.486 e. The molecule has 2 aromatic carbocycles. The number of hydrogen-bond donors (Lipinski definition) is 2. The van der Waals surface area contributed by atoms with Crippen molar-refractivity contribution in [3.63, 3.8) is 0 Å². The number of rotatable bonds is 4. The van der Waals surface area contributed by atoms with Crippen molar-refractivity contribution in [3.8, 4) is 11.8 Å². The van der Waals surface area contributed by atoms with Crippen molar-refractivity contribution < 1.29 is 9.53 Å². The molecule has 5 nitrogen and oxygen atoms in total. The van der Waals surface area contributed by atoms with Crippen LogP contribution in [-0.4, -0.2) is 5.91 Å². The van der Waals surface area contributed by atoms with E-state index in [4.69, 9.17) is 21.5 Å². The van der Waals surface area contributed by atoms with Crippen molar-refractivity contribution in [1.82, 2.24) is 0 Å². The maximum absolute atomic E-state index is 11.4. The van der Waals surface area contributed by atoms with Crippen molar-refractivity contribution in [2.24, 2.45) is 5.73 Å². The lowest BCUT2D eigenvalue weighted by Crippen LogP contribution is -2.14. The average Bonchev–Trinajstić information content (AvgIpc) is 2.46. The molecule has 0 heterocycles. The maximum atomic E-state index is 11.4. The highest BCUT2D eigenvalue weighted by Gasteiger charge is 2.13. The van der Waals surface area contributed by atoms with Crippen LogP contribution < -0.4 is 16.2 Å². The Hall–Kier alpha value is -3.00. The van der Waals surface area contributed by atoms with Gasteiger partial charge in [-0.05, 0) is 42.3 Å². The Labute approximate surface area is 122 Å². The van der Waals surface area contributed by atoms with E-state index in [1.807, 2.05) is 13.0 Å². The highest BCUT2D eigenvalue weighted by molar-refractivity contribution is 5.97. The Balaban J connectivity index is 2.25. The molecule has 0 bridgehead atoms. The molecule has 2 rings (SSSR count). The van der Waals surface area contributed by atoms with Gasteiger partial charge in [-0.25, -0.2) is 0 Å². The van der Waals surface area contributed by atoms with E-state index in [1.54, 1.807) is 30.3 Å². The standard InChI is InChI=1S/C16H15N3O2/c1-10-7-11(8-17)5-6-12(10)9-21-15-13(16(19)20)3-2-4-14(15)18/h2-7H,9,18H2,1H3,(H2,19,20). The van der Waals surface area contributed by atoms with Crippen molar-refractivity contribution in [3.05, 3.63) is 58.7 Å². The first-order valence-corrected chi connectivity index (χ1v) is 6.33. The molecule has 4 N–H and O–H groups in total. The lowest BCUT2D eigenvalue weighted by Gasteiger charge is -2.13. The highest BCUT2D eigenvalue weighted by Crippen LogP contribution is 2.27. The van der Waals surface area contributed by atoms with Crippen molar-refractivity contribution in [2.75, 3.05) is 5.73 Å². The van der Waals surface area contributed by atoms with Crippen molar-refractivity contribution >= 4 is 11.6 Å². The Morgan fingerprint density at radius 3 is 2.71 bits per heavy atom. The zero-order valence-corrected chi connectivity index (χ0v) is 11.6. The topological polar surface area (TPSA) is 102 Å². The number of nitriles is 1. The predicted molar refractivity (Wildman–Crippen MR) is 79.6 cm³/mol. The molecule has 0 fully saturated rings. The molecule has 21 heavy (non-hydrogen) atoms. The molecule has 0 aliphatic rings. The van der Waals surface area contributed by atoms with E-state index in [0.717, 1.165) is 11.1 Å². The number of nitrogens with zero attached hydrogens (tertiary/aromatic N) is 1. The fourth-order valence-corrected chi connectivity index (χ4v) is 1.99. The Morgan fingerprint density at radius 2 is 2.10 bits per heavy atom. The first-order chi connectivity index (χ1) is 10.0. The summed E-state index contributed by atoms with van der Waals surface area (Å²) >= 11 is 0. The van der Waals surface area contributed by atoms with E-state index in [9.17, 15) is 4.79 Å². The zero-order valence-electron chi connectivity index (χ0n) is 11.6. The number of primary amides is 1. The summed E-state index contributed by atoms with van der Waals surface area (Å²) in [6, 6.07) is 12.3. The van der Waals surface area contributed by atoms with Gasteiger partial charge in [0.25, 0.3) is 5.91 Å². The summed E-state index contributed by atoms with van der Waals surface area (Å²) in [4.78, 5) is 11.4. The van der Waals surface area contributed by atoms with Gasteiger partial charge in [-0.2, -0.15) is 5.26 Å². The fraction of sp³-hybridized carbons (Fsp3) is 0.125. The van der Waals surface area contributed by atoms with Crippen LogP contribution in [0.15, 0.2) is 36.4 Å². The molecule has 106 valence electrons. The molecule has 2 aromatic rings. The first-order valence-electron chi connectivity index (χ1n) is 6.33. The molecular formula is C16H15N3O2. The van der Waals surface area contributed by atoms with Gasteiger partial charge in [0.15, 0.2) is 5.75 Å². The number of aryl methyl sites for hydroxylation is 1. The van der Waals surface area contributed by atoms with Crippen LogP contribution >= 0.6 is 0 Å². The van der Waals surface area contributed by atoms with E-state index in [2.05, 4.69) is 6.07 Å². The van der Waals surface area contributed by atoms with Gasteiger partial charge in [-0.3, -0.25) is 4.79 Å². The van der Waals surface area contributed by atoms with E-state index in [-0.39, 0.29) is 17.9 Å². The lowest BCUT2D eigenvalue weighted by molar-refractivity contribution is 0.0996. The van der Waals surface area contributed by atoms with Gasteiger partial charge in [-0.15, -0.1) is 0 Å². The van der Waals surface area contributed by atoms with E-state index >= 15 is 0 Å². The normalized spacial score (nSPS) is 9.90. The van der Waals surface area contributed by atoms with Crippen LogP contribution in [0.25, 0.3) is 0 Å². The molecule has 0 aromatic heterocycles. The highest BCUT2D eigenvalue weighted by atomic mass is 16.5. The number of nitrogens with two attached hydrogens (primary N) is 2. The van der Waals surface area contributed by atoms with Crippen LogP contribution in [-0.2, 0) is 6.61 Å². The number of anilines is 1. The molecular weight excluding hydrogens is 266 g/mol. The molecule has 0 saturated heterocycles. The van der Waals surface area contributed by atoms with Gasteiger partial charge in [0.1, 0.15) is 6.61 Å². The van der Waals surface area contributed by atoms with Gasteiger partial charge in [0.2, 0.25) is 0 Å². The number of nitrogen functional groups attached to an aromatic ring is 1. The van der Waals surface area contributed by atoms with E-state index in [0.29, 0.717) is 11.3 Å². The third-order valence-corrected chi connectivity index (χ3v) is 3.15. The van der Waals surface area contributed by atoms with Gasteiger partial charge in [-0.1, -0.05) is 12.1 Å². The minimum atomic E-state index is -0.589. The number of carbonyl (C=O) groups is 1. The molecule has 0 saturated carbocycles. The van der Waals surface area contributed by atoms with Gasteiger partial charge in [0, 0.05) is 0 Å². The van der Waals surface area contributed by atoms with Gasteiger partial charge < -0.3 is 16.2 Å². The number of hydrogen-bond acceptors (Lipinski definition) is 4. The summed E-state index contributed by atoms with van der Waals surface area (Å²) in [6.45, 7) is 2.13. The largest absolute Gasteiger partial charge is 0.486 e. The molecule has 0 atom stereocenters. The second kappa shape index (κ2) is 5.97. The van der Waals surface area contributed by atoms with Crippen LogP contribution in [0.3, 0.4) is 0 Å². The third-order valence-electron chi connectivity index (χ3n) is 3.15. The molecule has 0 aliphatic heterocycles. The molecule has 0 aliphatic carbocycles. The van der Waals surface area contributed by atoms with Gasteiger partial charge >= 0.3 is 0 Å². The molecule has 1 amide bonds. The second-order valence-electron chi connectivity index (χ2n) is 4.63. The van der Waals surface area contributed by atoms with Crippen molar-refractivity contribution in [1.29, 1.82) is 5.26 Å². The Kier molecular flexibility index (Phi) is 4.10. The van der Waals surface area contributed by atoms with Crippen molar-refractivity contribution in [2.45, 2.75) is 13.5 Å². The molecule has 0 radical (unpaired) electrons. The monoisotopic (exact) mass is 281 g/mol. The summed E-state index contributed by atoms with van der Waals surface area (Å²) in [6.07, 6.45) is 0. The number of amides is 1.